The monoisotopic (exact) mass is 547 g/mol. The van der Waals surface area contributed by atoms with Crippen LogP contribution in [0.5, 0.6) is 0 Å². The molecule has 40 heavy (non-hydrogen) atoms. The standard InChI is InChI=1S/C33H39F2N3O2/c1-4-23-6-5-7-24(14-23)20-36-21-32(39)30(17-25-15-28(34)19-29(35)16-25)37-33(40)27-9-8-26-11-13-38(31(26)18-27)12-10-22(2)3/h5-9,11,13-16,18-19,22,30,32,36,39H,4,10,12,17,20-21H2,1-3H3,(H,37,40)/t30-,32+/m0/s1. The van der Waals surface area contributed by atoms with Gasteiger partial charge >= 0.3 is 0 Å². The Morgan fingerprint density at radius 3 is 2.42 bits per heavy atom. The van der Waals surface area contributed by atoms with E-state index in [9.17, 15) is 18.7 Å². The Morgan fingerprint density at radius 1 is 0.950 bits per heavy atom. The smallest absolute Gasteiger partial charge is 0.251 e. The summed E-state index contributed by atoms with van der Waals surface area (Å²) in [4.78, 5) is 13.4. The normalized spacial score (nSPS) is 13.1. The van der Waals surface area contributed by atoms with Crippen LogP contribution in [0.4, 0.5) is 8.78 Å². The van der Waals surface area contributed by atoms with Gasteiger partial charge in [0, 0.05) is 43.0 Å². The van der Waals surface area contributed by atoms with Gasteiger partial charge in [-0.15, -0.1) is 0 Å². The number of hydrogen-bond donors (Lipinski definition) is 3. The van der Waals surface area contributed by atoms with Crippen LogP contribution < -0.4 is 10.6 Å². The molecule has 1 amide bonds. The molecule has 0 bridgehead atoms. The highest BCUT2D eigenvalue weighted by molar-refractivity contribution is 5.98. The first-order valence-corrected chi connectivity index (χ1v) is 14.0. The van der Waals surface area contributed by atoms with Crippen LogP contribution in [0.25, 0.3) is 10.9 Å². The van der Waals surface area contributed by atoms with E-state index < -0.39 is 23.8 Å². The fraction of sp³-hybridized carbons (Fsp3) is 0.364. The fourth-order valence-corrected chi connectivity index (χ4v) is 4.90. The fourth-order valence-electron chi connectivity index (χ4n) is 4.90. The van der Waals surface area contributed by atoms with E-state index in [2.05, 4.69) is 48.1 Å². The molecule has 0 aliphatic carbocycles. The Kier molecular flexibility index (Phi) is 10.1. The lowest BCUT2D eigenvalue weighted by atomic mass is 9.99. The van der Waals surface area contributed by atoms with Gasteiger partial charge in [-0.1, -0.05) is 51.1 Å². The number of hydrogen-bond acceptors (Lipinski definition) is 3. The van der Waals surface area contributed by atoms with Gasteiger partial charge in [0.2, 0.25) is 0 Å². The molecule has 1 aromatic heterocycles. The van der Waals surface area contributed by atoms with Crippen molar-refractivity contribution in [2.75, 3.05) is 6.54 Å². The van der Waals surface area contributed by atoms with Gasteiger partial charge in [-0.3, -0.25) is 4.79 Å². The van der Waals surface area contributed by atoms with Gasteiger partial charge in [0.05, 0.1) is 12.1 Å². The molecule has 0 saturated heterocycles. The maximum Gasteiger partial charge on any atom is 0.251 e. The highest BCUT2D eigenvalue weighted by atomic mass is 19.1. The van der Waals surface area contributed by atoms with Gasteiger partial charge < -0.3 is 20.3 Å². The number of halogens is 2. The Balaban J connectivity index is 1.50. The lowest BCUT2D eigenvalue weighted by Gasteiger charge is -2.25. The average Bonchev–Trinajstić information content (AvgIpc) is 3.33. The number of benzene rings is 3. The van der Waals surface area contributed by atoms with E-state index in [1.165, 1.54) is 17.7 Å². The van der Waals surface area contributed by atoms with Crippen LogP contribution in [0, 0.1) is 17.6 Å². The molecule has 0 aliphatic rings. The van der Waals surface area contributed by atoms with Crippen LogP contribution in [0.15, 0.2) is 72.9 Å². The lowest BCUT2D eigenvalue weighted by molar-refractivity contribution is 0.0830. The molecule has 4 rings (SSSR count). The molecular formula is C33H39F2N3O2. The number of rotatable bonds is 13. The minimum absolute atomic E-state index is 0.0710. The molecule has 5 nitrogen and oxygen atoms in total. The predicted octanol–water partition coefficient (Wildman–Crippen LogP) is 6.02. The molecule has 0 saturated carbocycles. The number of aryl methyl sites for hydroxylation is 2. The number of nitrogens with zero attached hydrogens (tertiary/aromatic N) is 1. The van der Waals surface area contributed by atoms with E-state index in [0.29, 0.717) is 23.6 Å². The topological polar surface area (TPSA) is 66.3 Å². The summed E-state index contributed by atoms with van der Waals surface area (Å²) in [5, 5.41) is 18.3. The van der Waals surface area contributed by atoms with Crippen molar-refractivity contribution in [2.45, 2.75) is 65.3 Å². The van der Waals surface area contributed by atoms with Crippen molar-refractivity contribution in [3.05, 3.63) is 107 Å². The summed E-state index contributed by atoms with van der Waals surface area (Å²) in [7, 11) is 0. The molecule has 0 aliphatic heterocycles. The third-order valence-corrected chi connectivity index (χ3v) is 7.22. The highest BCUT2D eigenvalue weighted by Gasteiger charge is 2.23. The van der Waals surface area contributed by atoms with Gasteiger partial charge in [0.1, 0.15) is 11.6 Å². The SMILES string of the molecule is CCc1cccc(CNC[C@@H](O)[C@H](Cc2cc(F)cc(F)c2)NC(=O)c2ccc3ccn(CCC(C)C)c3c2)c1. The maximum absolute atomic E-state index is 13.9. The number of fused-ring (bicyclic) bond motifs is 1. The second kappa shape index (κ2) is 13.7. The van der Waals surface area contributed by atoms with Gasteiger partial charge in [-0.2, -0.15) is 0 Å². The molecule has 3 N–H and O–H groups in total. The highest BCUT2D eigenvalue weighted by Crippen LogP contribution is 2.20. The zero-order chi connectivity index (χ0) is 28.6. The summed E-state index contributed by atoms with van der Waals surface area (Å²) >= 11 is 0. The Bertz CT molecular complexity index is 1410. The maximum atomic E-state index is 13.9. The van der Waals surface area contributed by atoms with Crippen LogP contribution in [0.3, 0.4) is 0 Å². The van der Waals surface area contributed by atoms with Crippen molar-refractivity contribution in [3.63, 3.8) is 0 Å². The number of aromatic nitrogens is 1. The first-order chi connectivity index (χ1) is 19.2. The molecule has 4 aromatic rings. The quantitative estimate of drug-likeness (QED) is 0.192. The third-order valence-electron chi connectivity index (χ3n) is 7.22. The summed E-state index contributed by atoms with van der Waals surface area (Å²) in [6.45, 7) is 8.04. The molecule has 0 spiro atoms. The van der Waals surface area contributed by atoms with E-state index >= 15 is 0 Å². The van der Waals surface area contributed by atoms with E-state index in [1.807, 2.05) is 36.5 Å². The minimum atomic E-state index is -0.997. The number of aliphatic hydroxyl groups excluding tert-OH is 1. The van der Waals surface area contributed by atoms with Crippen molar-refractivity contribution in [1.82, 2.24) is 15.2 Å². The van der Waals surface area contributed by atoms with Crippen molar-refractivity contribution in [3.8, 4) is 0 Å². The van der Waals surface area contributed by atoms with Gasteiger partial charge in [-0.05, 0) is 77.6 Å². The summed E-state index contributed by atoms with van der Waals surface area (Å²) in [6.07, 6.45) is 3.06. The van der Waals surface area contributed by atoms with Crippen LogP contribution in [-0.4, -0.2) is 34.3 Å². The van der Waals surface area contributed by atoms with Crippen LogP contribution in [-0.2, 0) is 25.9 Å². The Hall–Kier alpha value is -3.55. The summed E-state index contributed by atoms with van der Waals surface area (Å²) in [5.41, 5.74) is 4.10. The second-order valence-corrected chi connectivity index (χ2v) is 10.9. The van der Waals surface area contributed by atoms with E-state index in [4.69, 9.17) is 0 Å². The summed E-state index contributed by atoms with van der Waals surface area (Å²) < 4.78 is 30.0. The lowest BCUT2D eigenvalue weighted by Crippen LogP contribution is -2.48. The predicted molar refractivity (Wildman–Crippen MR) is 156 cm³/mol. The molecule has 1 heterocycles. The molecule has 2 atom stereocenters. The Labute approximate surface area is 235 Å². The first kappa shape index (κ1) is 29.4. The number of nitrogens with one attached hydrogen (secondary N) is 2. The zero-order valence-corrected chi connectivity index (χ0v) is 23.5. The largest absolute Gasteiger partial charge is 0.390 e. The Morgan fingerprint density at radius 2 is 1.70 bits per heavy atom. The first-order valence-electron chi connectivity index (χ1n) is 14.0. The minimum Gasteiger partial charge on any atom is -0.390 e. The number of amides is 1. The van der Waals surface area contributed by atoms with Crippen molar-refractivity contribution in [2.24, 2.45) is 5.92 Å². The molecule has 0 unspecified atom stereocenters. The zero-order valence-electron chi connectivity index (χ0n) is 23.5. The molecule has 0 fully saturated rings. The molecule has 7 heteroatoms. The van der Waals surface area contributed by atoms with Crippen LogP contribution in [0.1, 0.15) is 54.2 Å². The molecule has 0 radical (unpaired) electrons. The summed E-state index contributed by atoms with van der Waals surface area (Å²) in [6, 6.07) is 18.3. The van der Waals surface area contributed by atoms with E-state index in [-0.39, 0.29) is 18.9 Å². The molecule has 212 valence electrons. The van der Waals surface area contributed by atoms with Crippen molar-refractivity contribution < 1.29 is 18.7 Å². The number of carbonyl (C=O) groups excluding carboxylic acids is 1. The molecular weight excluding hydrogens is 508 g/mol. The summed E-state index contributed by atoms with van der Waals surface area (Å²) in [5.74, 6) is -1.19. The molecule has 3 aromatic carbocycles. The van der Waals surface area contributed by atoms with Gasteiger partial charge in [0.25, 0.3) is 5.91 Å². The van der Waals surface area contributed by atoms with Crippen LogP contribution >= 0.6 is 0 Å². The third kappa shape index (κ3) is 7.99. The van der Waals surface area contributed by atoms with Crippen LogP contribution in [0.2, 0.25) is 0 Å². The van der Waals surface area contributed by atoms with E-state index in [1.54, 1.807) is 6.07 Å². The van der Waals surface area contributed by atoms with Gasteiger partial charge in [0.15, 0.2) is 0 Å². The van der Waals surface area contributed by atoms with Crippen molar-refractivity contribution >= 4 is 16.8 Å². The van der Waals surface area contributed by atoms with Gasteiger partial charge in [-0.25, -0.2) is 8.78 Å². The van der Waals surface area contributed by atoms with Crippen molar-refractivity contribution in [1.29, 1.82) is 0 Å². The number of carbonyl (C=O) groups is 1. The average molecular weight is 548 g/mol. The second-order valence-electron chi connectivity index (χ2n) is 10.9. The van der Waals surface area contributed by atoms with E-state index in [0.717, 1.165) is 41.9 Å². The number of aliphatic hydroxyl groups is 1.